The van der Waals surface area contributed by atoms with E-state index in [1.165, 1.54) is 5.56 Å². The zero-order valence-corrected chi connectivity index (χ0v) is 12.7. The summed E-state index contributed by atoms with van der Waals surface area (Å²) in [5, 5.41) is 5.94. The monoisotopic (exact) mass is 313 g/mol. The van der Waals surface area contributed by atoms with Crippen molar-refractivity contribution in [2.24, 2.45) is 0 Å². The van der Waals surface area contributed by atoms with Crippen LogP contribution in [0.5, 0.6) is 0 Å². The summed E-state index contributed by atoms with van der Waals surface area (Å²) in [7, 11) is 3.57. The van der Waals surface area contributed by atoms with Gasteiger partial charge < -0.3 is 15.5 Å². The summed E-state index contributed by atoms with van der Waals surface area (Å²) in [4.78, 5) is 13.4. The third-order valence-electron chi connectivity index (χ3n) is 2.68. The topological polar surface area (TPSA) is 44.4 Å². The molecule has 1 aromatic carbocycles. The number of hydrogen-bond donors (Lipinski definition) is 2. The van der Waals surface area contributed by atoms with E-state index in [4.69, 9.17) is 0 Å². The summed E-state index contributed by atoms with van der Waals surface area (Å²) in [6.07, 6.45) is 0. The van der Waals surface area contributed by atoms with Gasteiger partial charge in [0.25, 0.3) is 0 Å². The molecule has 0 saturated carbocycles. The fourth-order valence-corrected chi connectivity index (χ4v) is 2.03. The molecular weight excluding hydrogens is 294 g/mol. The maximum atomic E-state index is 11.4. The van der Waals surface area contributed by atoms with Gasteiger partial charge in [-0.05, 0) is 24.2 Å². The molecule has 0 spiro atoms. The highest BCUT2D eigenvalue weighted by Crippen LogP contribution is 2.24. The van der Waals surface area contributed by atoms with E-state index in [0.717, 1.165) is 23.2 Å². The molecule has 0 aliphatic rings. The number of halogens is 1. The standard InChI is InChI=1S/C13H20BrN3O/c1-4-16-8-10-5-6-11(14)7-12(10)17(3)9-13(18)15-2/h5-7,16H,4,8-9H2,1-3H3,(H,15,18). The lowest BCUT2D eigenvalue weighted by Gasteiger charge is -2.22. The first kappa shape index (κ1) is 15.0. The first-order chi connectivity index (χ1) is 8.58. The molecule has 1 rings (SSSR count). The number of likely N-dealkylation sites (N-methyl/N-ethyl adjacent to an activating group) is 2. The molecule has 18 heavy (non-hydrogen) atoms. The van der Waals surface area contributed by atoms with Crippen molar-refractivity contribution in [3.63, 3.8) is 0 Å². The normalized spacial score (nSPS) is 10.2. The molecule has 0 aromatic heterocycles. The number of carbonyl (C=O) groups is 1. The van der Waals surface area contributed by atoms with E-state index in [9.17, 15) is 4.79 Å². The van der Waals surface area contributed by atoms with Crippen LogP contribution in [0, 0.1) is 0 Å². The molecule has 100 valence electrons. The molecule has 0 fully saturated rings. The van der Waals surface area contributed by atoms with E-state index < -0.39 is 0 Å². The molecule has 0 radical (unpaired) electrons. The van der Waals surface area contributed by atoms with Gasteiger partial charge in [0.1, 0.15) is 0 Å². The number of benzene rings is 1. The van der Waals surface area contributed by atoms with Crippen LogP contribution < -0.4 is 15.5 Å². The third kappa shape index (κ3) is 4.31. The SMILES string of the molecule is CCNCc1ccc(Br)cc1N(C)CC(=O)NC. The van der Waals surface area contributed by atoms with Crippen molar-refractivity contribution in [1.29, 1.82) is 0 Å². The molecule has 5 heteroatoms. The zero-order valence-electron chi connectivity index (χ0n) is 11.1. The highest BCUT2D eigenvalue weighted by molar-refractivity contribution is 9.10. The number of nitrogens with one attached hydrogen (secondary N) is 2. The Bertz CT molecular complexity index is 409. The molecule has 0 atom stereocenters. The van der Waals surface area contributed by atoms with Gasteiger partial charge in [-0.2, -0.15) is 0 Å². The Morgan fingerprint density at radius 3 is 2.78 bits per heavy atom. The number of rotatable bonds is 6. The predicted molar refractivity (Wildman–Crippen MR) is 78.9 cm³/mol. The third-order valence-corrected chi connectivity index (χ3v) is 3.18. The largest absolute Gasteiger partial charge is 0.365 e. The molecule has 0 aliphatic heterocycles. The lowest BCUT2D eigenvalue weighted by atomic mass is 10.1. The van der Waals surface area contributed by atoms with Crippen LogP contribution in [0.4, 0.5) is 5.69 Å². The van der Waals surface area contributed by atoms with Crippen LogP contribution in [0.1, 0.15) is 12.5 Å². The molecule has 0 heterocycles. The molecular formula is C13H20BrN3O. The second kappa shape index (κ2) is 7.38. The number of amides is 1. The maximum Gasteiger partial charge on any atom is 0.239 e. The molecule has 4 nitrogen and oxygen atoms in total. The first-order valence-corrected chi connectivity index (χ1v) is 6.78. The highest BCUT2D eigenvalue weighted by atomic mass is 79.9. The van der Waals surface area contributed by atoms with E-state index in [1.54, 1.807) is 7.05 Å². The van der Waals surface area contributed by atoms with Crippen LogP contribution in [0.3, 0.4) is 0 Å². The summed E-state index contributed by atoms with van der Waals surface area (Å²) in [6.45, 7) is 4.16. The first-order valence-electron chi connectivity index (χ1n) is 5.99. The Labute approximate surface area is 117 Å². The smallest absolute Gasteiger partial charge is 0.239 e. The van der Waals surface area contributed by atoms with Gasteiger partial charge in [0.05, 0.1) is 6.54 Å². The summed E-state index contributed by atoms with van der Waals surface area (Å²) < 4.78 is 1.02. The molecule has 1 amide bonds. The van der Waals surface area contributed by atoms with Crippen LogP contribution in [-0.2, 0) is 11.3 Å². The van der Waals surface area contributed by atoms with Crippen molar-refractivity contribution in [1.82, 2.24) is 10.6 Å². The molecule has 0 saturated heterocycles. The van der Waals surface area contributed by atoms with Gasteiger partial charge in [-0.1, -0.05) is 28.9 Å². The van der Waals surface area contributed by atoms with Gasteiger partial charge in [0.15, 0.2) is 0 Å². The quantitative estimate of drug-likeness (QED) is 0.841. The number of hydrogen-bond acceptors (Lipinski definition) is 3. The van der Waals surface area contributed by atoms with E-state index in [2.05, 4.69) is 39.6 Å². The van der Waals surface area contributed by atoms with Crippen molar-refractivity contribution < 1.29 is 4.79 Å². The van der Waals surface area contributed by atoms with Crippen LogP contribution in [0.15, 0.2) is 22.7 Å². The highest BCUT2D eigenvalue weighted by Gasteiger charge is 2.10. The van der Waals surface area contributed by atoms with Gasteiger partial charge >= 0.3 is 0 Å². The van der Waals surface area contributed by atoms with Crippen molar-refractivity contribution in [2.45, 2.75) is 13.5 Å². The number of anilines is 1. The van der Waals surface area contributed by atoms with Crippen molar-refractivity contribution in [3.8, 4) is 0 Å². The van der Waals surface area contributed by atoms with Gasteiger partial charge in [-0.15, -0.1) is 0 Å². The fraction of sp³-hybridized carbons (Fsp3) is 0.462. The van der Waals surface area contributed by atoms with Gasteiger partial charge in [0, 0.05) is 30.8 Å². The Morgan fingerprint density at radius 2 is 2.17 bits per heavy atom. The Balaban J connectivity index is 2.89. The molecule has 1 aromatic rings. The van der Waals surface area contributed by atoms with E-state index in [1.807, 2.05) is 24.1 Å². The number of nitrogens with zero attached hydrogens (tertiary/aromatic N) is 1. The van der Waals surface area contributed by atoms with Crippen LogP contribution in [0.25, 0.3) is 0 Å². The van der Waals surface area contributed by atoms with E-state index in [0.29, 0.717) is 6.54 Å². The summed E-state index contributed by atoms with van der Waals surface area (Å²) in [5.41, 5.74) is 2.25. The van der Waals surface area contributed by atoms with Crippen molar-refractivity contribution >= 4 is 27.5 Å². The minimum Gasteiger partial charge on any atom is -0.365 e. The zero-order chi connectivity index (χ0) is 13.5. The average Bonchev–Trinajstić information content (AvgIpc) is 2.36. The summed E-state index contributed by atoms with van der Waals surface area (Å²) in [6, 6.07) is 6.13. The summed E-state index contributed by atoms with van der Waals surface area (Å²) >= 11 is 3.47. The van der Waals surface area contributed by atoms with Crippen LogP contribution in [-0.4, -0.2) is 33.1 Å². The summed E-state index contributed by atoms with van der Waals surface area (Å²) in [5.74, 6) is 0.00637. The van der Waals surface area contributed by atoms with Gasteiger partial charge in [-0.25, -0.2) is 0 Å². The second-order valence-electron chi connectivity index (χ2n) is 4.08. The van der Waals surface area contributed by atoms with Crippen LogP contribution >= 0.6 is 15.9 Å². The minimum absolute atomic E-state index is 0.00637. The Morgan fingerprint density at radius 1 is 1.44 bits per heavy atom. The van der Waals surface area contributed by atoms with Crippen molar-refractivity contribution in [2.75, 3.05) is 32.1 Å². The van der Waals surface area contributed by atoms with Crippen LogP contribution in [0.2, 0.25) is 0 Å². The minimum atomic E-state index is 0.00637. The van der Waals surface area contributed by atoms with E-state index in [-0.39, 0.29) is 5.91 Å². The average molecular weight is 314 g/mol. The van der Waals surface area contributed by atoms with Gasteiger partial charge in [-0.3, -0.25) is 4.79 Å². The lowest BCUT2D eigenvalue weighted by Crippen LogP contribution is -2.33. The maximum absolute atomic E-state index is 11.4. The van der Waals surface area contributed by atoms with E-state index >= 15 is 0 Å². The van der Waals surface area contributed by atoms with Gasteiger partial charge in [0.2, 0.25) is 5.91 Å². The molecule has 2 N–H and O–H groups in total. The Kier molecular flexibility index (Phi) is 6.15. The van der Waals surface area contributed by atoms with Crippen molar-refractivity contribution in [3.05, 3.63) is 28.2 Å². The Hall–Kier alpha value is -1.07. The predicted octanol–water partition coefficient (Wildman–Crippen LogP) is 1.74. The lowest BCUT2D eigenvalue weighted by molar-refractivity contribution is -0.119. The second-order valence-corrected chi connectivity index (χ2v) is 5.00. The number of carbonyl (C=O) groups excluding carboxylic acids is 1. The fourth-order valence-electron chi connectivity index (χ4n) is 1.68. The molecule has 0 bridgehead atoms. The molecule has 0 unspecified atom stereocenters. The molecule has 0 aliphatic carbocycles.